The highest BCUT2D eigenvalue weighted by molar-refractivity contribution is 9.10. The molecular weight excluding hydrogens is 308 g/mol. The van der Waals surface area contributed by atoms with E-state index in [1.165, 1.54) is 0 Å². The molecule has 1 heterocycles. The van der Waals surface area contributed by atoms with Crippen molar-refractivity contribution < 1.29 is 9.53 Å². The van der Waals surface area contributed by atoms with Crippen molar-refractivity contribution in [1.29, 1.82) is 0 Å². The van der Waals surface area contributed by atoms with Crippen LogP contribution in [0, 0.1) is 0 Å². The third kappa shape index (κ3) is 3.70. The minimum Gasteiger partial charge on any atom is -0.399 e. The van der Waals surface area contributed by atoms with Gasteiger partial charge in [-0.2, -0.15) is 0 Å². The molecule has 1 amide bonds. The van der Waals surface area contributed by atoms with Crippen LogP contribution in [0.5, 0.6) is 0 Å². The van der Waals surface area contributed by atoms with Crippen molar-refractivity contribution >= 4 is 27.5 Å². The standard InChI is InChI=1S/C14H19BrN2O2/c1-2-19-13-3-5-17(6-4-13)14(18)10-7-11(15)9-12(16)8-10/h7-9,13H,2-6,16H2,1H3. The SMILES string of the molecule is CCOC1CCN(C(=O)c2cc(N)cc(Br)c2)CC1. The lowest BCUT2D eigenvalue weighted by Crippen LogP contribution is -2.40. The predicted molar refractivity (Wildman–Crippen MR) is 79.1 cm³/mol. The van der Waals surface area contributed by atoms with Crippen molar-refractivity contribution in [3.05, 3.63) is 28.2 Å². The van der Waals surface area contributed by atoms with Crippen molar-refractivity contribution in [2.75, 3.05) is 25.4 Å². The number of benzene rings is 1. The Morgan fingerprint density at radius 2 is 2.11 bits per heavy atom. The van der Waals surface area contributed by atoms with Gasteiger partial charge in [0.05, 0.1) is 6.10 Å². The molecule has 1 aromatic rings. The number of halogens is 1. The van der Waals surface area contributed by atoms with E-state index in [1.54, 1.807) is 12.1 Å². The van der Waals surface area contributed by atoms with Gasteiger partial charge in [-0.3, -0.25) is 4.79 Å². The number of piperidine rings is 1. The fourth-order valence-corrected chi connectivity index (χ4v) is 2.89. The zero-order chi connectivity index (χ0) is 13.8. The molecule has 0 atom stereocenters. The maximum Gasteiger partial charge on any atom is 0.253 e. The number of nitrogens with zero attached hydrogens (tertiary/aromatic N) is 1. The molecule has 2 N–H and O–H groups in total. The summed E-state index contributed by atoms with van der Waals surface area (Å²) in [4.78, 5) is 14.2. The van der Waals surface area contributed by atoms with Crippen LogP contribution in [0.25, 0.3) is 0 Å². The number of rotatable bonds is 3. The van der Waals surface area contributed by atoms with Crippen LogP contribution in [-0.4, -0.2) is 36.6 Å². The van der Waals surface area contributed by atoms with Gasteiger partial charge in [0.25, 0.3) is 5.91 Å². The molecule has 1 saturated heterocycles. The van der Waals surface area contributed by atoms with Gasteiger partial charge in [-0.25, -0.2) is 0 Å². The minimum absolute atomic E-state index is 0.0444. The van der Waals surface area contributed by atoms with Crippen molar-refractivity contribution in [2.45, 2.75) is 25.9 Å². The molecule has 19 heavy (non-hydrogen) atoms. The summed E-state index contributed by atoms with van der Waals surface area (Å²) >= 11 is 3.36. The summed E-state index contributed by atoms with van der Waals surface area (Å²) in [7, 11) is 0. The smallest absolute Gasteiger partial charge is 0.253 e. The summed E-state index contributed by atoms with van der Waals surface area (Å²) in [6.45, 7) is 4.23. The Morgan fingerprint density at radius 1 is 1.42 bits per heavy atom. The molecule has 104 valence electrons. The molecule has 0 saturated carbocycles. The fourth-order valence-electron chi connectivity index (χ4n) is 2.38. The topological polar surface area (TPSA) is 55.6 Å². The largest absolute Gasteiger partial charge is 0.399 e. The normalized spacial score (nSPS) is 16.6. The first-order valence-corrected chi connectivity index (χ1v) is 7.36. The monoisotopic (exact) mass is 326 g/mol. The fraction of sp³-hybridized carbons (Fsp3) is 0.500. The zero-order valence-corrected chi connectivity index (χ0v) is 12.6. The highest BCUT2D eigenvalue weighted by Crippen LogP contribution is 2.21. The zero-order valence-electron chi connectivity index (χ0n) is 11.1. The van der Waals surface area contributed by atoms with Gasteiger partial charge < -0.3 is 15.4 Å². The van der Waals surface area contributed by atoms with E-state index in [-0.39, 0.29) is 5.91 Å². The number of nitrogens with two attached hydrogens (primary N) is 1. The molecule has 1 aliphatic rings. The van der Waals surface area contributed by atoms with Gasteiger partial charge in [-0.05, 0) is 38.0 Å². The van der Waals surface area contributed by atoms with E-state index < -0.39 is 0 Å². The highest BCUT2D eigenvalue weighted by atomic mass is 79.9. The first-order valence-electron chi connectivity index (χ1n) is 6.57. The summed E-state index contributed by atoms with van der Waals surface area (Å²) < 4.78 is 6.42. The molecule has 1 fully saturated rings. The van der Waals surface area contributed by atoms with Gasteiger partial charge in [0.2, 0.25) is 0 Å². The first kappa shape index (κ1) is 14.3. The number of likely N-dealkylation sites (tertiary alicyclic amines) is 1. The van der Waals surface area contributed by atoms with Gasteiger partial charge in [0.15, 0.2) is 0 Å². The van der Waals surface area contributed by atoms with E-state index in [0.717, 1.165) is 37.0 Å². The average molecular weight is 327 g/mol. The van der Waals surface area contributed by atoms with Crippen LogP contribution < -0.4 is 5.73 Å². The third-order valence-electron chi connectivity index (χ3n) is 3.30. The van der Waals surface area contributed by atoms with Gasteiger partial charge in [-0.1, -0.05) is 15.9 Å². The van der Waals surface area contributed by atoms with Gasteiger partial charge in [0, 0.05) is 35.4 Å². The van der Waals surface area contributed by atoms with Crippen LogP contribution in [0.3, 0.4) is 0 Å². The van der Waals surface area contributed by atoms with E-state index in [0.29, 0.717) is 17.4 Å². The molecule has 0 aliphatic carbocycles. The Bertz CT molecular complexity index is 437. The van der Waals surface area contributed by atoms with E-state index in [9.17, 15) is 4.79 Å². The van der Waals surface area contributed by atoms with Crippen molar-refractivity contribution in [2.24, 2.45) is 0 Å². The van der Waals surface area contributed by atoms with Crippen LogP contribution in [0.15, 0.2) is 22.7 Å². The van der Waals surface area contributed by atoms with Crippen LogP contribution >= 0.6 is 15.9 Å². The molecule has 0 aromatic heterocycles. The quantitative estimate of drug-likeness (QED) is 0.869. The molecular formula is C14H19BrN2O2. The lowest BCUT2D eigenvalue weighted by molar-refractivity contribution is 0.0146. The van der Waals surface area contributed by atoms with Crippen molar-refractivity contribution in [1.82, 2.24) is 4.90 Å². The number of carbonyl (C=O) groups excluding carboxylic acids is 1. The summed E-state index contributed by atoms with van der Waals surface area (Å²) in [5, 5.41) is 0. The van der Waals surface area contributed by atoms with Crippen LogP contribution in [0.2, 0.25) is 0 Å². The Kier molecular flexibility index (Phi) is 4.82. The Hall–Kier alpha value is -1.07. The minimum atomic E-state index is 0.0444. The second-order valence-corrected chi connectivity index (χ2v) is 5.64. The summed E-state index contributed by atoms with van der Waals surface area (Å²) in [5.41, 5.74) is 7.01. The Morgan fingerprint density at radius 3 is 2.68 bits per heavy atom. The second-order valence-electron chi connectivity index (χ2n) is 4.72. The lowest BCUT2D eigenvalue weighted by atomic mass is 10.1. The number of hydrogen-bond acceptors (Lipinski definition) is 3. The molecule has 0 bridgehead atoms. The Labute approximate surface area is 122 Å². The molecule has 2 rings (SSSR count). The van der Waals surface area contributed by atoms with Crippen LogP contribution in [0.1, 0.15) is 30.1 Å². The summed E-state index contributed by atoms with van der Waals surface area (Å²) in [6, 6.07) is 5.33. The Balaban J connectivity index is 2.01. The highest BCUT2D eigenvalue weighted by Gasteiger charge is 2.24. The van der Waals surface area contributed by atoms with E-state index in [4.69, 9.17) is 10.5 Å². The number of ether oxygens (including phenoxy) is 1. The number of hydrogen-bond donors (Lipinski definition) is 1. The molecule has 0 unspecified atom stereocenters. The average Bonchev–Trinajstić information content (AvgIpc) is 2.38. The van der Waals surface area contributed by atoms with Crippen LogP contribution in [0.4, 0.5) is 5.69 Å². The molecule has 5 heteroatoms. The number of nitrogen functional groups attached to an aromatic ring is 1. The molecule has 1 aromatic carbocycles. The van der Waals surface area contributed by atoms with Gasteiger partial charge in [0.1, 0.15) is 0 Å². The molecule has 1 aliphatic heterocycles. The first-order chi connectivity index (χ1) is 9.10. The maximum absolute atomic E-state index is 12.4. The van der Waals surface area contributed by atoms with E-state index in [2.05, 4.69) is 15.9 Å². The number of amides is 1. The van der Waals surface area contributed by atoms with Crippen LogP contribution in [-0.2, 0) is 4.74 Å². The predicted octanol–water partition coefficient (Wildman–Crippen LogP) is 2.67. The maximum atomic E-state index is 12.4. The van der Waals surface area contributed by atoms with E-state index in [1.807, 2.05) is 17.9 Å². The molecule has 0 radical (unpaired) electrons. The van der Waals surface area contributed by atoms with Gasteiger partial charge >= 0.3 is 0 Å². The molecule has 0 spiro atoms. The summed E-state index contributed by atoms with van der Waals surface area (Å²) in [5.74, 6) is 0.0444. The molecule has 4 nitrogen and oxygen atoms in total. The van der Waals surface area contributed by atoms with Crippen molar-refractivity contribution in [3.63, 3.8) is 0 Å². The van der Waals surface area contributed by atoms with E-state index >= 15 is 0 Å². The number of carbonyl (C=O) groups is 1. The third-order valence-corrected chi connectivity index (χ3v) is 3.76. The lowest BCUT2D eigenvalue weighted by Gasteiger charge is -2.31. The second kappa shape index (κ2) is 6.39. The van der Waals surface area contributed by atoms with Crippen molar-refractivity contribution in [3.8, 4) is 0 Å². The number of anilines is 1. The summed E-state index contributed by atoms with van der Waals surface area (Å²) in [6.07, 6.45) is 2.10. The van der Waals surface area contributed by atoms with Gasteiger partial charge in [-0.15, -0.1) is 0 Å².